The van der Waals surface area contributed by atoms with Crippen LogP contribution in [0, 0.1) is 3.57 Å². The Labute approximate surface area is 104 Å². The van der Waals surface area contributed by atoms with E-state index >= 15 is 0 Å². The van der Waals surface area contributed by atoms with Crippen LogP contribution in [-0.2, 0) is 0 Å². The highest BCUT2D eigenvalue weighted by atomic mass is 127. The Kier molecular flexibility index (Phi) is 3.34. The summed E-state index contributed by atoms with van der Waals surface area (Å²) in [6, 6.07) is 3.47. The normalized spacial score (nSPS) is 10.8. The maximum atomic E-state index is 11.5. The van der Waals surface area contributed by atoms with Gasteiger partial charge >= 0.3 is 0 Å². The van der Waals surface area contributed by atoms with Gasteiger partial charge in [-0.25, -0.2) is 5.43 Å². The Morgan fingerprint density at radius 2 is 2.56 bits per heavy atom. The van der Waals surface area contributed by atoms with E-state index in [1.54, 1.807) is 18.3 Å². The largest absolute Gasteiger partial charge is 0.463 e. The molecule has 2 N–H and O–H groups in total. The maximum Gasteiger partial charge on any atom is 0.290 e. The molecule has 16 heavy (non-hydrogen) atoms. The molecule has 0 bridgehead atoms. The first-order valence-corrected chi connectivity index (χ1v) is 5.41. The van der Waals surface area contributed by atoms with Crippen LogP contribution < -0.4 is 5.43 Å². The summed E-state index contributed by atoms with van der Waals surface area (Å²) >= 11 is 2.01. The van der Waals surface area contributed by atoms with Gasteiger partial charge in [0.2, 0.25) is 0 Å². The second-order valence-electron chi connectivity index (χ2n) is 2.81. The van der Waals surface area contributed by atoms with Crippen molar-refractivity contribution in [2.75, 3.05) is 0 Å². The van der Waals surface area contributed by atoms with Crippen LogP contribution >= 0.6 is 22.6 Å². The van der Waals surface area contributed by atoms with E-state index in [1.165, 1.54) is 12.5 Å². The SMILES string of the molecule is O=C(N/N=C/c1ccco1)c1[nH]ncc1I. The average molecular weight is 330 g/mol. The fourth-order valence-corrected chi connectivity index (χ4v) is 1.51. The highest BCUT2D eigenvalue weighted by Crippen LogP contribution is 2.06. The average Bonchev–Trinajstić information content (AvgIpc) is 2.88. The van der Waals surface area contributed by atoms with Gasteiger partial charge < -0.3 is 4.42 Å². The van der Waals surface area contributed by atoms with Crippen LogP contribution in [0.5, 0.6) is 0 Å². The molecule has 2 aromatic heterocycles. The lowest BCUT2D eigenvalue weighted by Gasteiger charge is -1.95. The molecule has 7 heteroatoms. The molecule has 0 saturated heterocycles. The number of aromatic amines is 1. The number of aromatic nitrogens is 2. The van der Waals surface area contributed by atoms with Crippen molar-refractivity contribution in [3.63, 3.8) is 0 Å². The van der Waals surface area contributed by atoms with Crippen molar-refractivity contribution in [1.82, 2.24) is 15.6 Å². The van der Waals surface area contributed by atoms with Crippen LogP contribution in [0.15, 0.2) is 34.1 Å². The van der Waals surface area contributed by atoms with Crippen molar-refractivity contribution >= 4 is 34.7 Å². The van der Waals surface area contributed by atoms with Crippen LogP contribution in [0.4, 0.5) is 0 Å². The zero-order valence-corrected chi connectivity index (χ0v) is 10.1. The van der Waals surface area contributed by atoms with Crippen LogP contribution in [-0.4, -0.2) is 22.3 Å². The number of rotatable bonds is 3. The first-order chi connectivity index (χ1) is 7.77. The second-order valence-corrected chi connectivity index (χ2v) is 3.97. The van der Waals surface area contributed by atoms with Crippen LogP contribution in [0.25, 0.3) is 0 Å². The molecule has 82 valence electrons. The third-order valence-electron chi connectivity index (χ3n) is 1.72. The van der Waals surface area contributed by atoms with Gasteiger partial charge in [-0.3, -0.25) is 9.89 Å². The summed E-state index contributed by atoms with van der Waals surface area (Å²) in [5.74, 6) is 0.226. The molecule has 0 saturated carbocycles. The van der Waals surface area contributed by atoms with Gasteiger partial charge in [-0.15, -0.1) is 0 Å². The van der Waals surface area contributed by atoms with Gasteiger partial charge in [-0.2, -0.15) is 10.2 Å². The van der Waals surface area contributed by atoms with Gasteiger partial charge in [0, 0.05) is 0 Å². The molecule has 1 amide bonds. The van der Waals surface area contributed by atoms with Crippen molar-refractivity contribution in [2.24, 2.45) is 5.10 Å². The number of hydrogen-bond acceptors (Lipinski definition) is 4. The molecule has 0 aliphatic heterocycles. The second kappa shape index (κ2) is 4.92. The summed E-state index contributed by atoms with van der Waals surface area (Å²) < 4.78 is 5.75. The lowest BCUT2D eigenvalue weighted by molar-refractivity contribution is 0.0949. The summed E-state index contributed by atoms with van der Waals surface area (Å²) in [6.45, 7) is 0. The molecule has 0 unspecified atom stereocenters. The molecule has 2 heterocycles. The lowest BCUT2D eigenvalue weighted by atomic mass is 10.4. The van der Waals surface area contributed by atoms with E-state index in [1.807, 2.05) is 22.6 Å². The van der Waals surface area contributed by atoms with Crippen molar-refractivity contribution in [3.05, 3.63) is 39.6 Å². The van der Waals surface area contributed by atoms with Gasteiger partial charge in [0.05, 0.1) is 22.2 Å². The molecule has 0 atom stereocenters. The summed E-state index contributed by atoms with van der Waals surface area (Å²) in [6.07, 6.45) is 4.51. The number of furan rings is 1. The van der Waals surface area contributed by atoms with E-state index in [4.69, 9.17) is 4.42 Å². The standard InChI is InChI=1S/C9H7IN4O2/c10-7-5-12-13-8(7)9(15)14-11-4-6-2-1-3-16-6/h1-5H,(H,12,13)(H,14,15)/b11-4+. The zero-order chi connectivity index (χ0) is 11.4. The maximum absolute atomic E-state index is 11.5. The number of hydrogen-bond donors (Lipinski definition) is 2. The van der Waals surface area contributed by atoms with Crippen molar-refractivity contribution in [3.8, 4) is 0 Å². The highest BCUT2D eigenvalue weighted by molar-refractivity contribution is 14.1. The summed E-state index contributed by atoms with van der Waals surface area (Å²) in [5, 5.41) is 10.1. The van der Waals surface area contributed by atoms with Crippen molar-refractivity contribution in [1.29, 1.82) is 0 Å². The lowest BCUT2D eigenvalue weighted by Crippen LogP contribution is -2.19. The smallest absolute Gasteiger partial charge is 0.290 e. The van der Waals surface area contributed by atoms with Crippen LogP contribution in [0.2, 0.25) is 0 Å². The topological polar surface area (TPSA) is 83.3 Å². The van der Waals surface area contributed by atoms with E-state index in [0.717, 1.165) is 3.57 Å². The van der Waals surface area contributed by atoms with Gasteiger partial charge in [-0.1, -0.05) is 0 Å². The molecule has 6 nitrogen and oxygen atoms in total. The minimum Gasteiger partial charge on any atom is -0.463 e. The Hall–Kier alpha value is -1.64. The third-order valence-corrected chi connectivity index (χ3v) is 2.54. The minimum atomic E-state index is -0.343. The Bertz CT molecular complexity index is 503. The van der Waals surface area contributed by atoms with E-state index in [9.17, 15) is 4.79 Å². The molecular formula is C9H7IN4O2. The molecule has 2 rings (SSSR count). The molecule has 2 aromatic rings. The molecule has 0 spiro atoms. The molecule has 0 fully saturated rings. The Morgan fingerprint density at radius 3 is 3.19 bits per heavy atom. The van der Waals surface area contributed by atoms with Gasteiger partial charge in [-0.05, 0) is 34.7 Å². The van der Waals surface area contributed by atoms with E-state index < -0.39 is 0 Å². The van der Waals surface area contributed by atoms with Crippen molar-refractivity contribution in [2.45, 2.75) is 0 Å². The van der Waals surface area contributed by atoms with Crippen molar-refractivity contribution < 1.29 is 9.21 Å². The first-order valence-electron chi connectivity index (χ1n) is 4.33. The summed E-state index contributed by atoms with van der Waals surface area (Å²) in [5.41, 5.74) is 2.74. The molecule has 0 aliphatic carbocycles. The zero-order valence-electron chi connectivity index (χ0n) is 7.98. The molecular weight excluding hydrogens is 323 g/mol. The number of nitrogens with one attached hydrogen (secondary N) is 2. The van der Waals surface area contributed by atoms with Crippen LogP contribution in [0.3, 0.4) is 0 Å². The summed E-state index contributed by atoms with van der Waals surface area (Å²) in [7, 11) is 0. The van der Waals surface area contributed by atoms with E-state index in [-0.39, 0.29) is 5.91 Å². The number of nitrogens with zero attached hydrogens (tertiary/aromatic N) is 2. The van der Waals surface area contributed by atoms with Gasteiger partial charge in [0.15, 0.2) is 0 Å². The highest BCUT2D eigenvalue weighted by Gasteiger charge is 2.10. The third kappa shape index (κ3) is 2.48. The first kappa shape index (κ1) is 10.9. The van der Waals surface area contributed by atoms with E-state index in [0.29, 0.717) is 11.5 Å². The quantitative estimate of drug-likeness (QED) is 0.507. The Balaban J connectivity index is 1.97. The molecule has 0 aliphatic rings. The predicted octanol–water partition coefficient (Wildman–Crippen LogP) is 1.37. The van der Waals surface area contributed by atoms with Crippen LogP contribution in [0.1, 0.15) is 16.2 Å². The fourth-order valence-electron chi connectivity index (χ4n) is 1.01. The predicted molar refractivity (Wildman–Crippen MR) is 65.1 cm³/mol. The van der Waals surface area contributed by atoms with Gasteiger partial charge in [0.1, 0.15) is 11.5 Å². The molecule has 0 aromatic carbocycles. The van der Waals surface area contributed by atoms with E-state index in [2.05, 4.69) is 20.7 Å². The fraction of sp³-hybridized carbons (Fsp3) is 0. The number of H-pyrrole nitrogens is 1. The molecule has 0 radical (unpaired) electrons. The van der Waals surface area contributed by atoms with Gasteiger partial charge in [0.25, 0.3) is 5.91 Å². The minimum absolute atomic E-state index is 0.343. The number of amides is 1. The number of hydrazone groups is 1. The monoisotopic (exact) mass is 330 g/mol. The number of carbonyl (C=O) groups is 1. The Morgan fingerprint density at radius 1 is 1.69 bits per heavy atom. The number of carbonyl (C=O) groups excluding carboxylic acids is 1. The summed E-state index contributed by atoms with van der Waals surface area (Å²) in [4.78, 5) is 11.5. The number of halogens is 1.